The molecule has 1 unspecified atom stereocenters. The third-order valence-corrected chi connectivity index (χ3v) is 4.01. The van der Waals surface area contributed by atoms with Gasteiger partial charge < -0.3 is 15.2 Å². The average molecular weight is 291 g/mol. The molecule has 1 saturated carbocycles. The van der Waals surface area contributed by atoms with Crippen LogP contribution in [0.15, 0.2) is 24.3 Å². The van der Waals surface area contributed by atoms with Gasteiger partial charge in [-0.2, -0.15) is 0 Å². The van der Waals surface area contributed by atoms with Crippen LogP contribution in [0.5, 0.6) is 5.75 Å². The number of aryl methyl sites for hydroxylation is 1. The minimum absolute atomic E-state index is 0.0737. The van der Waals surface area contributed by atoms with E-state index in [2.05, 4.69) is 5.32 Å². The van der Waals surface area contributed by atoms with E-state index in [-0.39, 0.29) is 25.0 Å². The van der Waals surface area contributed by atoms with Gasteiger partial charge in [-0.05, 0) is 31.4 Å². The van der Waals surface area contributed by atoms with Gasteiger partial charge in [0.2, 0.25) is 5.91 Å². The van der Waals surface area contributed by atoms with E-state index in [1.54, 1.807) is 0 Å². The molecule has 2 rings (SSSR count). The minimum Gasteiger partial charge on any atom is -0.491 e. The zero-order valence-electron chi connectivity index (χ0n) is 12.7. The van der Waals surface area contributed by atoms with Crippen LogP contribution in [0, 0.1) is 12.8 Å². The second-order valence-corrected chi connectivity index (χ2v) is 5.81. The van der Waals surface area contributed by atoms with Gasteiger partial charge in [0.15, 0.2) is 0 Å². The highest BCUT2D eigenvalue weighted by Crippen LogP contribution is 2.23. The summed E-state index contributed by atoms with van der Waals surface area (Å²) in [5, 5.41) is 12.7. The first-order chi connectivity index (χ1) is 10.2. The largest absolute Gasteiger partial charge is 0.491 e. The smallest absolute Gasteiger partial charge is 0.223 e. The standard InChI is InChI=1S/C17H25NO3/c1-13-7-5-6-10-16(13)21-12-15(19)11-18-17(20)14-8-3-2-4-9-14/h5-7,10,14-15,19H,2-4,8-9,11-12H2,1H3,(H,18,20). The summed E-state index contributed by atoms with van der Waals surface area (Å²) in [4.78, 5) is 12.0. The van der Waals surface area contributed by atoms with Gasteiger partial charge in [0.1, 0.15) is 18.5 Å². The Kier molecular flexibility index (Phi) is 6.05. The van der Waals surface area contributed by atoms with Crippen molar-refractivity contribution in [3.63, 3.8) is 0 Å². The average Bonchev–Trinajstić information content (AvgIpc) is 2.52. The van der Waals surface area contributed by atoms with Crippen molar-refractivity contribution in [1.29, 1.82) is 0 Å². The molecule has 1 atom stereocenters. The first-order valence-electron chi connectivity index (χ1n) is 7.81. The van der Waals surface area contributed by atoms with Crippen molar-refractivity contribution in [3.8, 4) is 5.75 Å². The molecule has 1 amide bonds. The molecular formula is C17H25NO3. The highest BCUT2D eigenvalue weighted by atomic mass is 16.5. The minimum atomic E-state index is -0.683. The van der Waals surface area contributed by atoms with E-state index in [1.165, 1.54) is 6.42 Å². The summed E-state index contributed by atoms with van der Waals surface area (Å²) >= 11 is 0. The van der Waals surface area contributed by atoms with Crippen LogP contribution in [0.4, 0.5) is 0 Å². The maximum absolute atomic E-state index is 12.0. The molecule has 0 saturated heterocycles. The maximum Gasteiger partial charge on any atom is 0.223 e. The van der Waals surface area contributed by atoms with Crippen molar-refractivity contribution in [2.45, 2.75) is 45.1 Å². The summed E-state index contributed by atoms with van der Waals surface area (Å²) in [7, 11) is 0. The van der Waals surface area contributed by atoms with Gasteiger partial charge in [-0.3, -0.25) is 4.79 Å². The highest BCUT2D eigenvalue weighted by Gasteiger charge is 2.21. The quantitative estimate of drug-likeness (QED) is 0.846. The summed E-state index contributed by atoms with van der Waals surface area (Å²) in [5.41, 5.74) is 1.04. The predicted octanol–water partition coefficient (Wildman–Crippen LogP) is 2.43. The van der Waals surface area contributed by atoms with Gasteiger partial charge in [-0.1, -0.05) is 37.5 Å². The number of ether oxygens (including phenoxy) is 1. The van der Waals surface area contributed by atoms with E-state index in [0.29, 0.717) is 0 Å². The van der Waals surface area contributed by atoms with Crippen LogP contribution >= 0.6 is 0 Å². The van der Waals surface area contributed by atoms with E-state index in [9.17, 15) is 9.90 Å². The zero-order chi connectivity index (χ0) is 15.1. The van der Waals surface area contributed by atoms with Crippen molar-refractivity contribution in [2.75, 3.05) is 13.2 Å². The molecule has 4 nitrogen and oxygen atoms in total. The molecule has 1 aliphatic rings. The molecule has 116 valence electrons. The highest BCUT2D eigenvalue weighted by molar-refractivity contribution is 5.78. The van der Waals surface area contributed by atoms with Crippen molar-refractivity contribution in [3.05, 3.63) is 29.8 Å². The maximum atomic E-state index is 12.0. The van der Waals surface area contributed by atoms with Crippen LogP contribution in [0.1, 0.15) is 37.7 Å². The Hall–Kier alpha value is -1.55. The van der Waals surface area contributed by atoms with Gasteiger partial charge in [0.05, 0.1) is 0 Å². The van der Waals surface area contributed by atoms with Crippen molar-refractivity contribution >= 4 is 5.91 Å². The Labute approximate surface area is 126 Å². The third kappa shape index (κ3) is 5.05. The summed E-state index contributed by atoms with van der Waals surface area (Å²) in [5.74, 6) is 0.975. The van der Waals surface area contributed by atoms with Gasteiger partial charge >= 0.3 is 0 Å². The van der Waals surface area contributed by atoms with Crippen molar-refractivity contribution in [2.24, 2.45) is 5.92 Å². The van der Waals surface area contributed by atoms with Crippen LogP contribution < -0.4 is 10.1 Å². The predicted molar refractivity (Wildman–Crippen MR) is 82.3 cm³/mol. The van der Waals surface area contributed by atoms with Gasteiger partial charge in [-0.25, -0.2) is 0 Å². The summed E-state index contributed by atoms with van der Waals surface area (Å²) in [6, 6.07) is 7.69. The molecule has 1 aromatic rings. The third-order valence-electron chi connectivity index (χ3n) is 4.01. The Morgan fingerprint density at radius 2 is 2.05 bits per heavy atom. The number of amides is 1. The normalized spacial score (nSPS) is 17.2. The number of carbonyl (C=O) groups excluding carboxylic acids is 1. The second-order valence-electron chi connectivity index (χ2n) is 5.81. The van der Waals surface area contributed by atoms with Gasteiger partial charge in [0.25, 0.3) is 0 Å². The Morgan fingerprint density at radius 1 is 1.33 bits per heavy atom. The van der Waals surface area contributed by atoms with E-state index >= 15 is 0 Å². The molecule has 0 heterocycles. The molecule has 4 heteroatoms. The summed E-state index contributed by atoms with van der Waals surface area (Å²) in [6.45, 7) is 2.41. The first kappa shape index (κ1) is 15.8. The molecule has 0 radical (unpaired) electrons. The molecule has 2 N–H and O–H groups in total. The van der Waals surface area contributed by atoms with Crippen LogP contribution in [0.3, 0.4) is 0 Å². The first-order valence-corrected chi connectivity index (χ1v) is 7.81. The lowest BCUT2D eigenvalue weighted by molar-refractivity contribution is -0.126. The molecule has 0 aliphatic heterocycles. The number of hydrogen-bond donors (Lipinski definition) is 2. The number of hydrogen-bond acceptors (Lipinski definition) is 3. The molecule has 0 aromatic heterocycles. The molecule has 1 aromatic carbocycles. The number of aliphatic hydroxyl groups is 1. The summed E-state index contributed by atoms with van der Waals surface area (Å²) in [6.07, 6.45) is 4.77. The van der Waals surface area contributed by atoms with Crippen LogP contribution in [0.2, 0.25) is 0 Å². The lowest BCUT2D eigenvalue weighted by Gasteiger charge is -2.21. The lowest BCUT2D eigenvalue weighted by Crippen LogP contribution is -2.39. The fourth-order valence-electron chi connectivity index (χ4n) is 2.69. The van der Waals surface area contributed by atoms with Crippen molar-refractivity contribution < 1.29 is 14.6 Å². The Morgan fingerprint density at radius 3 is 2.76 bits per heavy atom. The molecule has 0 bridgehead atoms. The lowest BCUT2D eigenvalue weighted by atomic mass is 9.89. The molecular weight excluding hydrogens is 266 g/mol. The van der Waals surface area contributed by atoms with Crippen LogP contribution in [-0.2, 0) is 4.79 Å². The zero-order valence-corrected chi connectivity index (χ0v) is 12.7. The Balaban J connectivity index is 1.68. The number of benzene rings is 1. The topological polar surface area (TPSA) is 58.6 Å². The van der Waals surface area contributed by atoms with Crippen molar-refractivity contribution in [1.82, 2.24) is 5.32 Å². The van der Waals surface area contributed by atoms with Gasteiger partial charge in [-0.15, -0.1) is 0 Å². The van der Waals surface area contributed by atoms with Gasteiger partial charge in [0, 0.05) is 12.5 Å². The fourth-order valence-corrected chi connectivity index (χ4v) is 2.69. The second kappa shape index (κ2) is 8.03. The molecule has 1 aliphatic carbocycles. The molecule has 1 fully saturated rings. The van der Waals surface area contributed by atoms with Crippen LogP contribution in [-0.4, -0.2) is 30.3 Å². The monoisotopic (exact) mass is 291 g/mol. The van der Waals surface area contributed by atoms with Crippen LogP contribution in [0.25, 0.3) is 0 Å². The SMILES string of the molecule is Cc1ccccc1OCC(O)CNC(=O)C1CCCCC1. The van der Waals surface area contributed by atoms with E-state index in [0.717, 1.165) is 37.0 Å². The van der Waals surface area contributed by atoms with E-state index in [1.807, 2.05) is 31.2 Å². The summed E-state index contributed by atoms with van der Waals surface area (Å²) < 4.78 is 5.58. The number of aliphatic hydroxyl groups excluding tert-OH is 1. The molecule has 21 heavy (non-hydrogen) atoms. The Bertz CT molecular complexity index is 455. The number of rotatable bonds is 6. The molecule has 0 spiro atoms. The number of carbonyl (C=O) groups is 1. The fraction of sp³-hybridized carbons (Fsp3) is 0.588. The number of nitrogens with one attached hydrogen (secondary N) is 1. The number of para-hydroxylation sites is 1. The van der Waals surface area contributed by atoms with E-state index in [4.69, 9.17) is 4.74 Å². The van der Waals surface area contributed by atoms with E-state index < -0.39 is 6.10 Å².